The summed E-state index contributed by atoms with van der Waals surface area (Å²) in [6.07, 6.45) is 8.07. The lowest BCUT2D eigenvalue weighted by Crippen LogP contribution is -2.21. The summed E-state index contributed by atoms with van der Waals surface area (Å²) in [6.45, 7) is 6.32. The highest BCUT2D eigenvalue weighted by atomic mass is 15.3. The number of anilines is 1. The molecule has 0 atom stereocenters. The van der Waals surface area contributed by atoms with Gasteiger partial charge >= 0.3 is 0 Å². The largest absolute Gasteiger partial charge is 0.356 e. The number of fused-ring (bicyclic) bond motifs is 2. The van der Waals surface area contributed by atoms with Crippen LogP contribution in [-0.4, -0.2) is 37.4 Å². The van der Waals surface area contributed by atoms with Crippen molar-refractivity contribution in [2.45, 2.75) is 39.5 Å². The van der Waals surface area contributed by atoms with E-state index < -0.39 is 0 Å². The average Bonchev–Trinajstić information content (AvgIpc) is 3.34. The van der Waals surface area contributed by atoms with Gasteiger partial charge in [0, 0.05) is 37.8 Å². The fourth-order valence-corrected chi connectivity index (χ4v) is 4.08. The molecule has 0 amide bonds. The molecule has 0 N–H and O–H groups in total. The van der Waals surface area contributed by atoms with E-state index >= 15 is 0 Å². The number of pyridine rings is 2. The second-order valence-corrected chi connectivity index (χ2v) is 7.60. The first-order valence-electron chi connectivity index (χ1n) is 10.00. The summed E-state index contributed by atoms with van der Waals surface area (Å²) < 4.78 is 2.25. The molecule has 142 valence electrons. The number of hydrogen-bond donors (Lipinski definition) is 0. The molecule has 1 aliphatic rings. The van der Waals surface area contributed by atoms with Gasteiger partial charge in [-0.25, -0.2) is 19.9 Å². The molecule has 1 saturated heterocycles. The van der Waals surface area contributed by atoms with Crippen LogP contribution in [0.3, 0.4) is 0 Å². The van der Waals surface area contributed by atoms with Crippen LogP contribution < -0.4 is 4.90 Å². The summed E-state index contributed by atoms with van der Waals surface area (Å²) in [5, 5.41) is 0. The third-order valence-electron chi connectivity index (χ3n) is 5.51. The SMILES string of the molecule is Cc1ccc2nc(CCc3nc4c(C)cccn4c3N3CCCC3)ncc2n1. The molecule has 1 aliphatic heterocycles. The highest BCUT2D eigenvalue weighted by molar-refractivity contribution is 5.72. The number of imidazole rings is 1. The quantitative estimate of drug-likeness (QED) is 0.547. The van der Waals surface area contributed by atoms with E-state index in [9.17, 15) is 0 Å². The topological polar surface area (TPSA) is 59.2 Å². The fraction of sp³-hybridized carbons (Fsp3) is 0.364. The maximum Gasteiger partial charge on any atom is 0.141 e. The summed E-state index contributed by atoms with van der Waals surface area (Å²) in [7, 11) is 0. The smallest absolute Gasteiger partial charge is 0.141 e. The van der Waals surface area contributed by atoms with Crippen molar-refractivity contribution >= 4 is 22.5 Å². The Kier molecular flexibility index (Phi) is 4.19. The van der Waals surface area contributed by atoms with Crippen LogP contribution in [0.1, 0.15) is 35.6 Å². The average molecular weight is 372 g/mol. The van der Waals surface area contributed by atoms with E-state index in [1.54, 1.807) is 0 Å². The maximum atomic E-state index is 5.00. The summed E-state index contributed by atoms with van der Waals surface area (Å²) >= 11 is 0. The fourth-order valence-electron chi connectivity index (χ4n) is 4.08. The Balaban J connectivity index is 1.48. The van der Waals surface area contributed by atoms with Gasteiger partial charge in [-0.3, -0.25) is 4.40 Å². The Labute approximate surface area is 164 Å². The number of aryl methyl sites for hydroxylation is 4. The third-order valence-corrected chi connectivity index (χ3v) is 5.51. The van der Waals surface area contributed by atoms with E-state index in [1.807, 2.05) is 25.3 Å². The zero-order valence-corrected chi connectivity index (χ0v) is 16.4. The lowest BCUT2D eigenvalue weighted by Gasteiger charge is -2.18. The second-order valence-electron chi connectivity index (χ2n) is 7.60. The minimum absolute atomic E-state index is 0.771. The van der Waals surface area contributed by atoms with Crippen molar-refractivity contribution in [1.29, 1.82) is 0 Å². The van der Waals surface area contributed by atoms with Crippen LogP contribution >= 0.6 is 0 Å². The molecule has 4 aromatic rings. The maximum absolute atomic E-state index is 5.00. The van der Waals surface area contributed by atoms with Gasteiger partial charge in [0.2, 0.25) is 0 Å². The van der Waals surface area contributed by atoms with E-state index in [0.717, 1.165) is 59.8 Å². The standard InChI is InChI=1S/C22H24N6/c1-15-6-5-13-28-21(15)26-18(22(28)27-11-3-4-12-27)9-10-20-23-14-19-17(25-20)8-7-16(2)24-19/h5-8,13-14H,3-4,9-12H2,1-2H3. The molecule has 5 rings (SSSR count). The van der Waals surface area contributed by atoms with E-state index in [2.05, 4.69) is 44.5 Å². The van der Waals surface area contributed by atoms with Crippen LogP contribution in [0, 0.1) is 13.8 Å². The monoisotopic (exact) mass is 372 g/mol. The molecule has 0 bridgehead atoms. The highest BCUT2D eigenvalue weighted by Crippen LogP contribution is 2.28. The van der Waals surface area contributed by atoms with Crippen LogP contribution in [0.25, 0.3) is 16.7 Å². The molecular weight excluding hydrogens is 348 g/mol. The van der Waals surface area contributed by atoms with E-state index in [-0.39, 0.29) is 0 Å². The molecule has 1 fully saturated rings. The van der Waals surface area contributed by atoms with Gasteiger partial charge < -0.3 is 4.90 Å². The zero-order chi connectivity index (χ0) is 19.1. The van der Waals surface area contributed by atoms with Gasteiger partial charge in [-0.2, -0.15) is 0 Å². The summed E-state index contributed by atoms with van der Waals surface area (Å²) in [4.78, 5) is 21.2. The lowest BCUT2D eigenvalue weighted by atomic mass is 10.2. The van der Waals surface area contributed by atoms with Crippen molar-refractivity contribution in [3.8, 4) is 0 Å². The predicted octanol–water partition coefficient (Wildman–Crippen LogP) is 3.67. The first kappa shape index (κ1) is 17.1. The molecule has 0 spiro atoms. The first-order valence-corrected chi connectivity index (χ1v) is 10.00. The van der Waals surface area contributed by atoms with Crippen LogP contribution in [0.15, 0.2) is 36.7 Å². The minimum Gasteiger partial charge on any atom is -0.356 e. The Hall–Kier alpha value is -3.02. The van der Waals surface area contributed by atoms with Gasteiger partial charge in [0.1, 0.15) is 22.8 Å². The van der Waals surface area contributed by atoms with Gasteiger partial charge in [0.25, 0.3) is 0 Å². The normalized spacial score (nSPS) is 14.4. The molecule has 28 heavy (non-hydrogen) atoms. The molecule has 0 aliphatic carbocycles. The molecule has 0 unspecified atom stereocenters. The Morgan fingerprint density at radius 1 is 0.929 bits per heavy atom. The van der Waals surface area contributed by atoms with Crippen LogP contribution in [0.2, 0.25) is 0 Å². The molecule has 5 heterocycles. The van der Waals surface area contributed by atoms with E-state index in [0.29, 0.717) is 0 Å². The Bertz CT molecular complexity index is 1160. The number of hydrogen-bond acceptors (Lipinski definition) is 5. The molecule has 0 aromatic carbocycles. The molecule has 0 radical (unpaired) electrons. The molecule has 4 aromatic heterocycles. The van der Waals surface area contributed by atoms with Crippen molar-refractivity contribution in [3.05, 3.63) is 59.4 Å². The Morgan fingerprint density at radius 3 is 2.64 bits per heavy atom. The van der Waals surface area contributed by atoms with Gasteiger partial charge in [-0.05, 0) is 50.5 Å². The summed E-state index contributed by atoms with van der Waals surface area (Å²) in [5.41, 5.74) is 6.14. The molecule has 6 heteroatoms. The van der Waals surface area contributed by atoms with Crippen LogP contribution in [0.5, 0.6) is 0 Å². The Morgan fingerprint density at radius 2 is 1.79 bits per heavy atom. The number of rotatable bonds is 4. The molecule has 6 nitrogen and oxygen atoms in total. The van der Waals surface area contributed by atoms with Crippen molar-refractivity contribution in [2.24, 2.45) is 0 Å². The van der Waals surface area contributed by atoms with Gasteiger partial charge in [-0.1, -0.05) is 6.07 Å². The van der Waals surface area contributed by atoms with Crippen molar-refractivity contribution in [1.82, 2.24) is 24.3 Å². The second kappa shape index (κ2) is 6.86. The molecular formula is C22H24N6. The van der Waals surface area contributed by atoms with E-state index in [1.165, 1.54) is 24.2 Å². The molecule has 0 saturated carbocycles. The van der Waals surface area contributed by atoms with E-state index in [4.69, 9.17) is 9.97 Å². The number of aromatic nitrogens is 5. The van der Waals surface area contributed by atoms with Crippen molar-refractivity contribution < 1.29 is 0 Å². The predicted molar refractivity (Wildman–Crippen MR) is 111 cm³/mol. The minimum atomic E-state index is 0.771. The summed E-state index contributed by atoms with van der Waals surface area (Å²) in [6, 6.07) is 8.25. The third kappa shape index (κ3) is 2.99. The first-order chi connectivity index (χ1) is 13.7. The highest BCUT2D eigenvalue weighted by Gasteiger charge is 2.22. The van der Waals surface area contributed by atoms with Crippen molar-refractivity contribution in [2.75, 3.05) is 18.0 Å². The van der Waals surface area contributed by atoms with Gasteiger partial charge in [-0.15, -0.1) is 0 Å². The number of nitrogens with zero attached hydrogens (tertiary/aromatic N) is 6. The lowest BCUT2D eigenvalue weighted by molar-refractivity contribution is 0.833. The zero-order valence-electron chi connectivity index (χ0n) is 16.4. The van der Waals surface area contributed by atoms with Crippen LogP contribution in [0.4, 0.5) is 5.82 Å². The van der Waals surface area contributed by atoms with Crippen molar-refractivity contribution in [3.63, 3.8) is 0 Å². The van der Waals surface area contributed by atoms with Gasteiger partial charge in [0.05, 0.1) is 17.4 Å². The van der Waals surface area contributed by atoms with Gasteiger partial charge in [0.15, 0.2) is 0 Å². The summed E-state index contributed by atoms with van der Waals surface area (Å²) in [5.74, 6) is 2.09. The van der Waals surface area contributed by atoms with Crippen LogP contribution in [-0.2, 0) is 12.8 Å².